The molecule has 1 N–H and O–H groups in total. The zero-order valence-electron chi connectivity index (χ0n) is 7.25. The molecule has 2 atom stereocenters. The normalized spacial score (nSPS) is 34.9. The van der Waals surface area contributed by atoms with Crippen LogP contribution in [0.1, 0.15) is 6.92 Å². The van der Waals surface area contributed by atoms with Crippen LogP contribution < -0.4 is 5.32 Å². The number of carbonyl (C=O) groups is 1. The Labute approximate surface area is 71.9 Å². The second-order valence-corrected chi connectivity index (χ2v) is 3.35. The summed E-state index contributed by atoms with van der Waals surface area (Å²) >= 11 is 0. The van der Waals surface area contributed by atoms with Gasteiger partial charge in [-0.3, -0.25) is 4.79 Å². The van der Waals surface area contributed by atoms with Crippen LogP contribution in [0.3, 0.4) is 0 Å². The van der Waals surface area contributed by atoms with Crippen LogP contribution >= 0.6 is 0 Å². The molecule has 2 aliphatic heterocycles. The third kappa shape index (κ3) is 1.21. The summed E-state index contributed by atoms with van der Waals surface area (Å²) in [6.45, 7) is 4.82. The fourth-order valence-electron chi connectivity index (χ4n) is 1.98. The molecule has 2 saturated heterocycles. The number of rotatable bonds is 0. The summed E-state index contributed by atoms with van der Waals surface area (Å²) < 4.78 is 5.53. The van der Waals surface area contributed by atoms with Crippen LogP contribution in [0.2, 0.25) is 0 Å². The summed E-state index contributed by atoms with van der Waals surface area (Å²) in [6.07, 6.45) is 0.225. The van der Waals surface area contributed by atoms with Crippen molar-refractivity contribution in [2.45, 2.75) is 19.1 Å². The second kappa shape index (κ2) is 3.03. The van der Waals surface area contributed by atoms with Gasteiger partial charge in [-0.25, -0.2) is 0 Å². The summed E-state index contributed by atoms with van der Waals surface area (Å²) in [5, 5.41) is 3.23. The zero-order chi connectivity index (χ0) is 8.55. The molecule has 2 heterocycles. The molecule has 2 unspecified atom stereocenters. The first-order chi connectivity index (χ1) is 5.79. The first kappa shape index (κ1) is 8.01. The Hall–Kier alpha value is -0.610. The van der Waals surface area contributed by atoms with Crippen LogP contribution in [0.4, 0.5) is 0 Å². The van der Waals surface area contributed by atoms with Crippen molar-refractivity contribution in [3.8, 4) is 0 Å². The Morgan fingerprint density at radius 3 is 3.17 bits per heavy atom. The van der Waals surface area contributed by atoms with Gasteiger partial charge in [0.1, 0.15) is 0 Å². The number of ether oxygens (including phenoxy) is 1. The maximum absolute atomic E-state index is 11.2. The van der Waals surface area contributed by atoms with E-state index in [-0.39, 0.29) is 18.1 Å². The molecule has 0 aliphatic carbocycles. The third-order valence-corrected chi connectivity index (χ3v) is 2.60. The van der Waals surface area contributed by atoms with Crippen molar-refractivity contribution in [2.75, 3.05) is 26.2 Å². The molecular weight excluding hydrogens is 156 g/mol. The molecule has 0 radical (unpaired) electrons. The van der Waals surface area contributed by atoms with E-state index in [1.54, 1.807) is 6.92 Å². The van der Waals surface area contributed by atoms with Gasteiger partial charge in [-0.15, -0.1) is 0 Å². The molecule has 68 valence electrons. The lowest BCUT2D eigenvalue weighted by Crippen LogP contribution is -2.52. The molecule has 0 bridgehead atoms. The van der Waals surface area contributed by atoms with Crippen LogP contribution in [0.25, 0.3) is 0 Å². The van der Waals surface area contributed by atoms with E-state index >= 15 is 0 Å². The largest absolute Gasteiger partial charge is 0.373 e. The van der Waals surface area contributed by atoms with Gasteiger partial charge in [0.25, 0.3) is 0 Å². The Morgan fingerprint density at radius 2 is 2.42 bits per heavy atom. The minimum atomic E-state index is 0.164. The Bertz CT molecular complexity index is 195. The first-order valence-corrected chi connectivity index (χ1v) is 4.38. The van der Waals surface area contributed by atoms with Crippen LogP contribution in [0.15, 0.2) is 0 Å². The Balaban J connectivity index is 2.08. The minimum absolute atomic E-state index is 0.164. The van der Waals surface area contributed by atoms with Gasteiger partial charge >= 0.3 is 0 Å². The van der Waals surface area contributed by atoms with E-state index in [9.17, 15) is 4.79 Å². The number of morpholine rings is 1. The van der Waals surface area contributed by atoms with Crippen molar-refractivity contribution in [3.63, 3.8) is 0 Å². The van der Waals surface area contributed by atoms with Crippen LogP contribution in [-0.4, -0.2) is 49.2 Å². The number of amides is 1. The molecule has 1 amide bonds. The van der Waals surface area contributed by atoms with E-state index in [4.69, 9.17) is 4.74 Å². The third-order valence-electron chi connectivity index (χ3n) is 2.60. The predicted octanol–water partition coefficient (Wildman–Crippen LogP) is -0.794. The number of nitrogens with one attached hydrogen (secondary N) is 1. The molecule has 0 aromatic heterocycles. The molecular formula is C8H14N2O2. The molecule has 0 spiro atoms. The summed E-state index contributed by atoms with van der Waals surface area (Å²) in [7, 11) is 0. The summed E-state index contributed by atoms with van der Waals surface area (Å²) in [5.74, 6) is 0.164. The number of hydrogen-bond acceptors (Lipinski definition) is 3. The van der Waals surface area contributed by atoms with Crippen molar-refractivity contribution >= 4 is 5.91 Å². The van der Waals surface area contributed by atoms with E-state index in [0.29, 0.717) is 6.61 Å². The van der Waals surface area contributed by atoms with Gasteiger partial charge in [0.05, 0.1) is 18.8 Å². The van der Waals surface area contributed by atoms with E-state index in [1.807, 2.05) is 4.90 Å². The van der Waals surface area contributed by atoms with Gasteiger partial charge in [-0.05, 0) is 0 Å². The van der Waals surface area contributed by atoms with Crippen LogP contribution in [0.5, 0.6) is 0 Å². The highest BCUT2D eigenvalue weighted by atomic mass is 16.5. The van der Waals surface area contributed by atoms with E-state index in [0.717, 1.165) is 19.6 Å². The smallest absolute Gasteiger partial charge is 0.219 e. The maximum atomic E-state index is 11.2. The average molecular weight is 170 g/mol. The predicted molar refractivity (Wildman–Crippen MR) is 43.8 cm³/mol. The van der Waals surface area contributed by atoms with Crippen LogP contribution in [-0.2, 0) is 9.53 Å². The summed E-state index contributed by atoms with van der Waals surface area (Å²) in [4.78, 5) is 13.1. The number of fused-ring (bicyclic) bond motifs is 1. The lowest BCUT2D eigenvalue weighted by atomic mass is 10.1. The van der Waals surface area contributed by atoms with Crippen LogP contribution in [0, 0.1) is 0 Å². The number of nitrogens with zero attached hydrogens (tertiary/aromatic N) is 1. The molecule has 12 heavy (non-hydrogen) atoms. The van der Waals surface area contributed by atoms with E-state index in [2.05, 4.69) is 5.32 Å². The lowest BCUT2D eigenvalue weighted by molar-refractivity contribution is -0.140. The molecule has 4 nitrogen and oxygen atoms in total. The van der Waals surface area contributed by atoms with Gasteiger partial charge in [-0.1, -0.05) is 0 Å². The molecule has 0 saturated carbocycles. The zero-order valence-corrected chi connectivity index (χ0v) is 7.25. The molecule has 4 heteroatoms. The fourth-order valence-corrected chi connectivity index (χ4v) is 1.98. The van der Waals surface area contributed by atoms with Gasteiger partial charge < -0.3 is 15.0 Å². The highest BCUT2D eigenvalue weighted by molar-refractivity contribution is 5.73. The topological polar surface area (TPSA) is 41.6 Å². The van der Waals surface area contributed by atoms with Gasteiger partial charge in [0.15, 0.2) is 0 Å². The lowest BCUT2D eigenvalue weighted by Gasteiger charge is -2.36. The van der Waals surface area contributed by atoms with Crippen molar-refractivity contribution in [1.29, 1.82) is 0 Å². The second-order valence-electron chi connectivity index (χ2n) is 3.35. The van der Waals surface area contributed by atoms with E-state index < -0.39 is 0 Å². The van der Waals surface area contributed by atoms with Crippen molar-refractivity contribution in [2.24, 2.45) is 0 Å². The summed E-state index contributed by atoms with van der Waals surface area (Å²) in [5.41, 5.74) is 0. The molecule has 0 aromatic carbocycles. The minimum Gasteiger partial charge on any atom is -0.373 e. The van der Waals surface area contributed by atoms with Gasteiger partial charge in [-0.2, -0.15) is 0 Å². The molecule has 2 rings (SSSR count). The molecule has 0 aromatic rings. The highest BCUT2D eigenvalue weighted by Gasteiger charge is 2.36. The first-order valence-electron chi connectivity index (χ1n) is 4.38. The van der Waals surface area contributed by atoms with E-state index in [1.165, 1.54) is 0 Å². The SMILES string of the molecule is CC(=O)N1CCOC2CNCC21. The monoisotopic (exact) mass is 170 g/mol. The Morgan fingerprint density at radius 1 is 1.58 bits per heavy atom. The quantitative estimate of drug-likeness (QED) is 0.518. The van der Waals surface area contributed by atoms with Crippen molar-refractivity contribution < 1.29 is 9.53 Å². The number of carbonyl (C=O) groups excluding carboxylic acids is 1. The fraction of sp³-hybridized carbons (Fsp3) is 0.875. The van der Waals surface area contributed by atoms with Gasteiger partial charge in [0.2, 0.25) is 5.91 Å². The van der Waals surface area contributed by atoms with Crippen molar-refractivity contribution in [3.05, 3.63) is 0 Å². The highest BCUT2D eigenvalue weighted by Crippen LogP contribution is 2.17. The molecule has 2 aliphatic rings. The molecule has 2 fully saturated rings. The average Bonchev–Trinajstić information content (AvgIpc) is 2.49. The number of hydrogen-bond donors (Lipinski definition) is 1. The maximum Gasteiger partial charge on any atom is 0.219 e. The standard InChI is InChI=1S/C8H14N2O2/c1-6(11)10-2-3-12-8-5-9-4-7(8)10/h7-9H,2-5H2,1H3. The summed E-state index contributed by atoms with van der Waals surface area (Å²) in [6, 6.07) is 0.274. The Kier molecular flexibility index (Phi) is 2.02. The van der Waals surface area contributed by atoms with Gasteiger partial charge in [0, 0.05) is 26.6 Å². The van der Waals surface area contributed by atoms with Crippen molar-refractivity contribution in [1.82, 2.24) is 10.2 Å².